The summed E-state index contributed by atoms with van der Waals surface area (Å²) in [4.78, 5) is 4.05. The fourth-order valence-corrected chi connectivity index (χ4v) is 2.84. The summed E-state index contributed by atoms with van der Waals surface area (Å²) in [5, 5.41) is 8.86. The van der Waals surface area contributed by atoms with Crippen molar-refractivity contribution in [2.24, 2.45) is 0 Å². The zero-order valence-corrected chi connectivity index (χ0v) is 14.8. The van der Waals surface area contributed by atoms with Crippen molar-refractivity contribution in [2.45, 2.75) is 32.2 Å². The molecule has 3 aromatic rings. The molecule has 0 aliphatic carbocycles. The van der Waals surface area contributed by atoms with E-state index in [4.69, 9.17) is 10.00 Å². The number of nitriles is 1. The van der Waals surface area contributed by atoms with Crippen molar-refractivity contribution >= 4 is 0 Å². The normalized spacial score (nSPS) is 10.4. The van der Waals surface area contributed by atoms with Gasteiger partial charge in [0, 0.05) is 18.9 Å². The lowest BCUT2D eigenvalue weighted by Crippen LogP contribution is -1.98. The van der Waals surface area contributed by atoms with Gasteiger partial charge in [-0.25, -0.2) is 4.98 Å². The van der Waals surface area contributed by atoms with Gasteiger partial charge in [0.15, 0.2) is 0 Å². The first-order valence-electron chi connectivity index (χ1n) is 9.04. The Bertz CT molecular complexity index is 815. The Balaban J connectivity index is 1.35. The molecule has 0 bridgehead atoms. The van der Waals surface area contributed by atoms with Crippen LogP contribution in [-0.4, -0.2) is 16.2 Å². The summed E-state index contributed by atoms with van der Waals surface area (Å²) in [7, 11) is 0. The third kappa shape index (κ3) is 5.22. The summed E-state index contributed by atoms with van der Waals surface area (Å²) in [5.74, 6) is 0.904. The number of hydrogen-bond donors (Lipinski definition) is 0. The molecule has 2 aromatic carbocycles. The van der Waals surface area contributed by atoms with Gasteiger partial charge in [-0.1, -0.05) is 37.1 Å². The minimum absolute atomic E-state index is 0.679. The van der Waals surface area contributed by atoms with Crippen LogP contribution >= 0.6 is 0 Å². The molecule has 0 aliphatic rings. The van der Waals surface area contributed by atoms with Crippen LogP contribution in [0, 0.1) is 11.3 Å². The van der Waals surface area contributed by atoms with Gasteiger partial charge in [0.1, 0.15) is 5.75 Å². The molecule has 0 unspecified atom stereocenters. The molecule has 4 nitrogen and oxygen atoms in total. The number of aryl methyl sites for hydroxylation is 1. The smallest absolute Gasteiger partial charge is 0.119 e. The molecular formula is C22H23N3O. The fraction of sp³-hybridized carbons (Fsp3) is 0.273. The third-order valence-corrected chi connectivity index (χ3v) is 4.34. The largest absolute Gasteiger partial charge is 0.494 e. The molecule has 4 heteroatoms. The number of nitrogens with zero attached hydrogens (tertiary/aromatic N) is 3. The molecule has 0 N–H and O–H groups in total. The minimum atomic E-state index is 0.679. The second-order valence-electron chi connectivity index (χ2n) is 6.28. The van der Waals surface area contributed by atoms with Crippen LogP contribution < -0.4 is 4.74 Å². The van der Waals surface area contributed by atoms with Crippen molar-refractivity contribution in [3.05, 3.63) is 72.8 Å². The molecule has 0 atom stereocenters. The number of ether oxygens (including phenoxy) is 1. The van der Waals surface area contributed by atoms with Crippen molar-refractivity contribution in [1.82, 2.24) is 9.55 Å². The molecule has 0 radical (unpaired) electrons. The number of unbranched alkanes of at least 4 members (excludes halogenated alkanes) is 3. The molecule has 26 heavy (non-hydrogen) atoms. The number of imidazole rings is 1. The highest BCUT2D eigenvalue weighted by Crippen LogP contribution is 2.23. The minimum Gasteiger partial charge on any atom is -0.494 e. The lowest BCUT2D eigenvalue weighted by atomic mass is 10.0. The molecule has 0 amide bonds. The van der Waals surface area contributed by atoms with Crippen molar-refractivity contribution in [3.63, 3.8) is 0 Å². The van der Waals surface area contributed by atoms with Crippen LogP contribution in [0.5, 0.6) is 5.75 Å². The van der Waals surface area contributed by atoms with Gasteiger partial charge >= 0.3 is 0 Å². The van der Waals surface area contributed by atoms with Gasteiger partial charge in [0.2, 0.25) is 0 Å². The van der Waals surface area contributed by atoms with Gasteiger partial charge in [-0.15, -0.1) is 0 Å². The molecule has 0 aliphatic heterocycles. The quantitative estimate of drug-likeness (QED) is 0.509. The predicted octanol–water partition coefficient (Wildman–Crippen LogP) is 5.06. The highest BCUT2D eigenvalue weighted by molar-refractivity contribution is 5.64. The Morgan fingerprint density at radius 2 is 1.58 bits per heavy atom. The van der Waals surface area contributed by atoms with Crippen LogP contribution in [-0.2, 0) is 6.54 Å². The van der Waals surface area contributed by atoms with Gasteiger partial charge in [0.05, 0.1) is 24.6 Å². The van der Waals surface area contributed by atoms with Crippen LogP contribution in [0.4, 0.5) is 0 Å². The molecule has 132 valence electrons. The van der Waals surface area contributed by atoms with Crippen LogP contribution in [0.2, 0.25) is 0 Å². The van der Waals surface area contributed by atoms with Gasteiger partial charge in [-0.2, -0.15) is 5.26 Å². The van der Waals surface area contributed by atoms with E-state index < -0.39 is 0 Å². The van der Waals surface area contributed by atoms with Crippen LogP contribution in [0.15, 0.2) is 67.3 Å². The van der Waals surface area contributed by atoms with E-state index in [1.54, 1.807) is 0 Å². The number of benzene rings is 2. The molecule has 0 fully saturated rings. The number of rotatable bonds is 9. The van der Waals surface area contributed by atoms with Crippen LogP contribution in [0.3, 0.4) is 0 Å². The number of aromatic nitrogens is 2. The number of hydrogen-bond acceptors (Lipinski definition) is 3. The first kappa shape index (κ1) is 17.8. The fourth-order valence-electron chi connectivity index (χ4n) is 2.84. The van der Waals surface area contributed by atoms with Gasteiger partial charge < -0.3 is 9.30 Å². The van der Waals surface area contributed by atoms with E-state index in [0.717, 1.165) is 36.4 Å². The molecule has 1 aromatic heterocycles. The zero-order chi connectivity index (χ0) is 18.0. The van der Waals surface area contributed by atoms with E-state index in [1.807, 2.05) is 55.1 Å². The van der Waals surface area contributed by atoms with Gasteiger partial charge in [0.25, 0.3) is 0 Å². The van der Waals surface area contributed by atoms with E-state index in [2.05, 4.69) is 27.8 Å². The molecular weight excluding hydrogens is 322 g/mol. The molecule has 0 saturated heterocycles. The van der Waals surface area contributed by atoms with Crippen molar-refractivity contribution < 1.29 is 4.74 Å². The highest BCUT2D eigenvalue weighted by Gasteiger charge is 2.00. The summed E-state index contributed by atoms with van der Waals surface area (Å²) in [6, 6.07) is 17.9. The van der Waals surface area contributed by atoms with E-state index in [-0.39, 0.29) is 0 Å². The van der Waals surface area contributed by atoms with Crippen molar-refractivity contribution in [3.8, 4) is 22.9 Å². The monoisotopic (exact) mass is 345 g/mol. The lowest BCUT2D eigenvalue weighted by molar-refractivity contribution is 0.304. The maximum absolute atomic E-state index is 8.86. The lowest BCUT2D eigenvalue weighted by Gasteiger charge is -2.08. The zero-order valence-electron chi connectivity index (χ0n) is 14.8. The summed E-state index contributed by atoms with van der Waals surface area (Å²) in [5.41, 5.74) is 2.91. The Morgan fingerprint density at radius 1 is 0.885 bits per heavy atom. The first-order chi connectivity index (χ1) is 12.8. The Kier molecular flexibility index (Phi) is 6.44. The second-order valence-corrected chi connectivity index (χ2v) is 6.28. The molecule has 0 saturated carbocycles. The topological polar surface area (TPSA) is 50.8 Å². The third-order valence-electron chi connectivity index (χ3n) is 4.34. The average molecular weight is 345 g/mol. The molecule has 1 heterocycles. The summed E-state index contributed by atoms with van der Waals surface area (Å²) in [6.07, 6.45) is 10.3. The average Bonchev–Trinajstić information content (AvgIpc) is 3.21. The van der Waals surface area contributed by atoms with Crippen molar-refractivity contribution in [2.75, 3.05) is 6.61 Å². The summed E-state index contributed by atoms with van der Waals surface area (Å²) >= 11 is 0. The maximum atomic E-state index is 8.86. The molecule has 3 rings (SSSR count). The van der Waals surface area contributed by atoms with E-state index >= 15 is 0 Å². The summed E-state index contributed by atoms with van der Waals surface area (Å²) < 4.78 is 7.94. The highest BCUT2D eigenvalue weighted by atomic mass is 16.5. The molecule has 0 spiro atoms. The van der Waals surface area contributed by atoms with E-state index in [0.29, 0.717) is 5.56 Å². The Labute approximate surface area is 154 Å². The summed E-state index contributed by atoms with van der Waals surface area (Å²) in [6.45, 7) is 1.79. The maximum Gasteiger partial charge on any atom is 0.119 e. The van der Waals surface area contributed by atoms with Crippen LogP contribution in [0.25, 0.3) is 11.1 Å². The van der Waals surface area contributed by atoms with Crippen LogP contribution in [0.1, 0.15) is 31.2 Å². The van der Waals surface area contributed by atoms with E-state index in [1.165, 1.54) is 19.3 Å². The Hall–Kier alpha value is -3.06. The van der Waals surface area contributed by atoms with Crippen molar-refractivity contribution in [1.29, 1.82) is 5.26 Å². The SMILES string of the molecule is N#Cc1ccc(-c2ccc(OCCCCCCn3ccnc3)cc2)cc1. The van der Waals surface area contributed by atoms with Gasteiger partial charge in [-0.05, 0) is 48.2 Å². The standard InChI is InChI=1S/C22H23N3O/c23-17-19-5-7-20(8-6-19)21-9-11-22(12-10-21)26-16-4-2-1-3-14-25-15-13-24-18-25/h5-13,15,18H,1-4,14,16H2. The first-order valence-corrected chi connectivity index (χ1v) is 9.04. The van der Waals surface area contributed by atoms with E-state index in [9.17, 15) is 0 Å². The second kappa shape index (κ2) is 9.43. The Morgan fingerprint density at radius 3 is 2.23 bits per heavy atom. The predicted molar refractivity (Wildman–Crippen MR) is 103 cm³/mol. The van der Waals surface area contributed by atoms with Gasteiger partial charge in [-0.3, -0.25) is 0 Å².